The van der Waals surface area contributed by atoms with Gasteiger partial charge in [0.2, 0.25) is 0 Å². The molecule has 2 atom stereocenters. The summed E-state index contributed by atoms with van der Waals surface area (Å²) in [7, 11) is 0. The molecule has 0 saturated carbocycles. The highest BCUT2D eigenvalue weighted by Crippen LogP contribution is 2.27. The second kappa shape index (κ2) is 5.01. The number of hydrogen-bond donors (Lipinski definition) is 2. The van der Waals surface area contributed by atoms with Crippen LogP contribution in [-0.2, 0) is 0 Å². The third kappa shape index (κ3) is 3.45. The highest BCUT2D eigenvalue weighted by molar-refractivity contribution is 7.99. The fourth-order valence-electron chi connectivity index (χ4n) is 1.41. The zero-order valence-electron chi connectivity index (χ0n) is 6.83. The Balaban J connectivity index is 2.13. The van der Waals surface area contributed by atoms with Gasteiger partial charge in [0, 0.05) is 11.3 Å². The quantitative estimate of drug-likeness (QED) is 0.672. The van der Waals surface area contributed by atoms with Crippen LogP contribution in [0.15, 0.2) is 0 Å². The van der Waals surface area contributed by atoms with E-state index in [1.807, 2.05) is 11.8 Å². The van der Waals surface area contributed by atoms with Crippen LogP contribution in [0, 0.1) is 0 Å². The van der Waals surface area contributed by atoms with Gasteiger partial charge >= 0.3 is 0 Å². The van der Waals surface area contributed by atoms with Crippen LogP contribution in [0.5, 0.6) is 0 Å². The summed E-state index contributed by atoms with van der Waals surface area (Å²) in [6, 6.07) is 0.00519. The lowest BCUT2D eigenvalue weighted by Crippen LogP contribution is -2.29. The first-order chi connectivity index (χ1) is 5.33. The molecule has 0 aromatic heterocycles. The minimum Gasteiger partial charge on any atom is -0.395 e. The Morgan fingerprint density at radius 2 is 2.36 bits per heavy atom. The van der Waals surface area contributed by atoms with Gasteiger partial charge in [0.05, 0.1) is 6.61 Å². The third-order valence-electron chi connectivity index (χ3n) is 2.07. The molecule has 0 bridgehead atoms. The standard InChI is InChI=1S/C8H17NOS/c9-7(6-10)5-8-3-1-2-4-11-8/h7-8,10H,1-6,9H2. The summed E-state index contributed by atoms with van der Waals surface area (Å²) < 4.78 is 0. The molecule has 1 aliphatic rings. The fraction of sp³-hybridized carbons (Fsp3) is 1.00. The van der Waals surface area contributed by atoms with Gasteiger partial charge in [0.25, 0.3) is 0 Å². The van der Waals surface area contributed by atoms with E-state index < -0.39 is 0 Å². The fourth-order valence-corrected chi connectivity index (χ4v) is 2.83. The Kier molecular flexibility index (Phi) is 4.26. The van der Waals surface area contributed by atoms with E-state index in [2.05, 4.69) is 0 Å². The van der Waals surface area contributed by atoms with Crippen molar-refractivity contribution in [3.63, 3.8) is 0 Å². The Morgan fingerprint density at radius 1 is 1.55 bits per heavy atom. The minimum atomic E-state index is 0.00519. The van der Waals surface area contributed by atoms with Gasteiger partial charge in [0.15, 0.2) is 0 Å². The van der Waals surface area contributed by atoms with Crippen molar-refractivity contribution in [2.45, 2.75) is 37.0 Å². The zero-order valence-corrected chi connectivity index (χ0v) is 7.65. The van der Waals surface area contributed by atoms with Gasteiger partial charge in [-0.25, -0.2) is 0 Å². The van der Waals surface area contributed by atoms with Gasteiger partial charge in [-0.2, -0.15) is 11.8 Å². The van der Waals surface area contributed by atoms with Crippen LogP contribution in [0.2, 0.25) is 0 Å². The summed E-state index contributed by atoms with van der Waals surface area (Å²) in [6.45, 7) is 0.136. The molecule has 3 N–H and O–H groups in total. The van der Waals surface area contributed by atoms with E-state index in [1.54, 1.807) is 0 Å². The van der Waals surface area contributed by atoms with E-state index in [9.17, 15) is 0 Å². The number of aliphatic hydroxyl groups excluding tert-OH is 1. The summed E-state index contributed by atoms with van der Waals surface area (Å²) in [5.41, 5.74) is 5.64. The molecule has 0 amide bonds. The zero-order chi connectivity index (χ0) is 8.10. The molecule has 0 aromatic carbocycles. The van der Waals surface area contributed by atoms with Crippen molar-refractivity contribution < 1.29 is 5.11 Å². The van der Waals surface area contributed by atoms with Crippen molar-refractivity contribution in [2.24, 2.45) is 5.73 Å². The second-order valence-electron chi connectivity index (χ2n) is 3.17. The Morgan fingerprint density at radius 3 is 2.91 bits per heavy atom. The van der Waals surface area contributed by atoms with Gasteiger partial charge in [-0.15, -0.1) is 0 Å². The molecular formula is C8H17NOS. The van der Waals surface area contributed by atoms with Crippen molar-refractivity contribution in [1.29, 1.82) is 0 Å². The Bertz CT molecular complexity index is 104. The average Bonchev–Trinajstić information content (AvgIpc) is 2.06. The van der Waals surface area contributed by atoms with Crippen LogP contribution >= 0.6 is 11.8 Å². The number of aliphatic hydroxyl groups is 1. The predicted molar refractivity (Wildman–Crippen MR) is 49.8 cm³/mol. The highest BCUT2D eigenvalue weighted by atomic mass is 32.2. The van der Waals surface area contributed by atoms with Crippen LogP contribution in [0.25, 0.3) is 0 Å². The molecule has 1 rings (SSSR count). The lowest BCUT2D eigenvalue weighted by molar-refractivity contribution is 0.258. The van der Waals surface area contributed by atoms with Crippen molar-refractivity contribution in [3.05, 3.63) is 0 Å². The van der Waals surface area contributed by atoms with Gasteiger partial charge < -0.3 is 10.8 Å². The largest absolute Gasteiger partial charge is 0.395 e. The number of nitrogens with two attached hydrogens (primary N) is 1. The van der Waals surface area contributed by atoms with Gasteiger partial charge in [-0.3, -0.25) is 0 Å². The van der Waals surface area contributed by atoms with Crippen LogP contribution in [0.1, 0.15) is 25.7 Å². The molecule has 0 radical (unpaired) electrons. The maximum atomic E-state index is 8.73. The summed E-state index contributed by atoms with van der Waals surface area (Å²) in [5.74, 6) is 1.28. The van der Waals surface area contributed by atoms with Crippen molar-refractivity contribution >= 4 is 11.8 Å². The van der Waals surface area contributed by atoms with Crippen LogP contribution < -0.4 is 5.73 Å². The summed E-state index contributed by atoms with van der Waals surface area (Å²) in [6.07, 6.45) is 4.98. The van der Waals surface area contributed by atoms with Crippen LogP contribution in [-0.4, -0.2) is 28.8 Å². The number of rotatable bonds is 3. The van der Waals surface area contributed by atoms with Gasteiger partial charge in [-0.1, -0.05) is 6.42 Å². The highest BCUT2D eigenvalue weighted by Gasteiger charge is 2.16. The molecule has 1 aliphatic heterocycles. The molecule has 2 unspecified atom stereocenters. The SMILES string of the molecule is NC(CO)CC1CCCCS1. The molecule has 0 spiro atoms. The summed E-state index contributed by atoms with van der Waals surface area (Å²) in [4.78, 5) is 0. The maximum Gasteiger partial charge on any atom is 0.0582 e. The normalized spacial score (nSPS) is 28.4. The topological polar surface area (TPSA) is 46.2 Å². The molecule has 66 valence electrons. The van der Waals surface area contributed by atoms with Crippen molar-refractivity contribution in [3.8, 4) is 0 Å². The van der Waals surface area contributed by atoms with E-state index in [0.29, 0.717) is 5.25 Å². The molecule has 0 aliphatic carbocycles. The third-order valence-corrected chi connectivity index (χ3v) is 3.50. The summed E-state index contributed by atoms with van der Waals surface area (Å²) in [5, 5.41) is 9.44. The van der Waals surface area contributed by atoms with Crippen molar-refractivity contribution in [2.75, 3.05) is 12.4 Å². The van der Waals surface area contributed by atoms with E-state index in [0.717, 1.165) is 6.42 Å². The predicted octanol–water partition coefficient (Wildman–Crippen LogP) is 0.982. The van der Waals surface area contributed by atoms with E-state index in [4.69, 9.17) is 10.8 Å². The van der Waals surface area contributed by atoms with Crippen LogP contribution in [0.3, 0.4) is 0 Å². The second-order valence-corrected chi connectivity index (χ2v) is 4.58. The smallest absolute Gasteiger partial charge is 0.0582 e. The van der Waals surface area contributed by atoms with Crippen molar-refractivity contribution in [1.82, 2.24) is 0 Å². The van der Waals surface area contributed by atoms with Crippen LogP contribution in [0.4, 0.5) is 0 Å². The van der Waals surface area contributed by atoms with E-state index in [1.165, 1.54) is 25.0 Å². The molecule has 3 heteroatoms. The summed E-state index contributed by atoms with van der Waals surface area (Å²) >= 11 is 2.02. The molecule has 1 fully saturated rings. The van der Waals surface area contributed by atoms with E-state index in [-0.39, 0.29) is 12.6 Å². The number of hydrogen-bond acceptors (Lipinski definition) is 3. The lowest BCUT2D eigenvalue weighted by Gasteiger charge is -2.23. The van der Waals surface area contributed by atoms with E-state index >= 15 is 0 Å². The molecule has 11 heavy (non-hydrogen) atoms. The Labute approximate surface area is 72.5 Å². The molecule has 1 saturated heterocycles. The maximum absolute atomic E-state index is 8.73. The first-order valence-corrected chi connectivity index (χ1v) is 5.36. The first-order valence-electron chi connectivity index (χ1n) is 4.31. The lowest BCUT2D eigenvalue weighted by atomic mass is 10.1. The number of thioether (sulfide) groups is 1. The van der Waals surface area contributed by atoms with Gasteiger partial charge in [-0.05, 0) is 25.0 Å². The molecule has 0 aromatic rings. The molecule has 1 heterocycles. The first kappa shape index (κ1) is 9.36. The monoisotopic (exact) mass is 175 g/mol. The average molecular weight is 175 g/mol. The van der Waals surface area contributed by atoms with Gasteiger partial charge in [0.1, 0.15) is 0 Å². The molecule has 2 nitrogen and oxygen atoms in total. The Hall–Kier alpha value is 0.270. The minimum absolute atomic E-state index is 0.00519. The molecular weight excluding hydrogens is 158 g/mol.